The van der Waals surface area contributed by atoms with Gasteiger partial charge in [-0.2, -0.15) is 0 Å². The Morgan fingerprint density at radius 1 is 1.21 bits per heavy atom. The first-order chi connectivity index (χ1) is 8.81. The number of benzene rings is 1. The SMILES string of the molecule is CCOc1ccc2c(c1)CCC1(CCCCN1)C2.Cl. The van der Waals surface area contributed by atoms with Gasteiger partial charge in [-0.15, -0.1) is 12.4 Å². The number of piperidine rings is 1. The van der Waals surface area contributed by atoms with Crippen LogP contribution in [0.5, 0.6) is 5.75 Å². The standard InChI is InChI=1S/C16H23NO.ClH/c1-2-18-15-6-5-14-12-16(8-3-4-10-17-16)9-7-13(14)11-15;/h5-6,11,17H,2-4,7-10,12H2,1H3;1H. The van der Waals surface area contributed by atoms with Crippen molar-refractivity contribution in [1.29, 1.82) is 0 Å². The van der Waals surface area contributed by atoms with Crippen LogP contribution in [0.2, 0.25) is 0 Å². The van der Waals surface area contributed by atoms with Gasteiger partial charge < -0.3 is 10.1 Å². The molecule has 2 nitrogen and oxygen atoms in total. The molecule has 0 saturated carbocycles. The van der Waals surface area contributed by atoms with Gasteiger partial charge in [0, 0.05) is 5.54 Å². The molecule has 1 unspecified atom stereocenters. The number of aryl methyl sites for hydroxylation is 1. The summed E-state index contributed by atoms with van der Waals surface area (Å²) < 4.78 is 5.59. The van der Waals surface area contributed by atoms with Gasteiger partial charge in [-0.1, -0.05) is 12.5 Å². The fraction of sp³-hybridized carbons (Fsp3) is 0.625. The third-order valence-electron chi connectivity index (χ3n) is 4.47. The van der Waals surface area contributed by atoms with Crippen LogP contribution < -0.4 is 10.1 Å². The van der Waals surface area contributed by atoms with Gasteiger partial charge in [-0.05, 0) is 68.8 Å². The Balaban J connectivity index is 0.00000133. The maximum atomic E-state index is 5.59. The topological polar surface area (TPSA) is 21.3 Å². The molecule has 1 aromatic carbocycles. The van der Waals surface area contributed by atoms with Gasteiger partial charge in [-0.25, -0.2) is 0 Å². The van der Waals surface area contributed by atoms with Crippen molar-refractivity contribution in [2.75, 3.05) is 13.2 Å². The van der Waals surface area contributed by atoms with Crippen molar-refractivity contribution >= 4 is 12.4 Å². The molecule has 1 fully saturated rings. The van der Waals surface area contributed by atoms with E-state index in [4.69, 9.17) is 4.74 Å². The lowest BCUT2D eigenvalue weighted by Crippen LogP contribution is -2.52. The molecule has 1 aliphatic carbocycles. The normalized spacial score (nSPS) is 25.5. The highest BCUT2D eigenvalue weighted by atomic mass is 35.5. The molecule has 2 aliphatic rings. The van der Waals surface area contributed by atoms with Gasteiger partial charge >= 0.3 is 0 Å². The summed E-state index contributed by atoms with van der Waals surface area (Å²) in [4.78, 5) is 0. The van der Waals surface area contributed by atoms with Gasteiger partial charge in [0.05, 0.1) is 6.61 Å². The molecular formula is C16H24ClNO. The van der Waals surface area contributed by atoms with Gasteiger partial charge in [0.2, 0.25) is 0 Å². The summed E-state index contributed by atoms with van der Waals surface area (Å²) in [5, 5.41) is 3.78. The van der Waals surface area contributed by atoms with Crippen LogP contribution in [0.3, 0.4) is 0 Å². The van der Waals surface area contributed by atoms with Crippen molar-refractivity contribution < 1.29 is 4.74 Å². The molecule has 0 aromatic heterocycles. The molecule has 1 atom stereocenters. The minimum atomic E-state index is 0. The zero-order valence-electron chi connectivity index (χ0n) is 11.7. The maximum absolute atomic E-state index is 5.59. The molecule has 106 valence electrons. The van der Waals surface area contributed by atoms with Gasteiger partial charge in [0.15, 0.2) is 0 Å². The zero-order chi connectivity index (χ0) is 12.4. The minimum Gasteiger partial charge on any atom is -0.494 e. The van der Waals surface area contributed by atoms with E-state index in [1.165, 1.54) is 56.2 Å². The average molecular weight is 282 g/mol. The summed E-state index contributed by atoms with van der Waals surface area (Å²) in [7, 11) is 0. The number of hydrogen-bond donors (Lipinski definition) is 1. The Labute approximate surface area is 122 Å². The van der Waals surface area contributed by atoms with Crippen LogP contribution in [-0.4, -0.2) is 18.7 Å². The molecule has 1 spiro atoms. The molecule has 1 saturated heterocycles. The lowest BCUT2D eigenvalue weighted by molar-refractivity contribution is 0.225. The summed E-state index contributed by atoms with van der Waals surface area (Å²) in [6.07, 6.45) is 7.77. The van der Waals surface area contributed by atoms with Crippen molar-refractivity contribution in [1.82, 2.24) is 5.32 Å². The van der Waals surface area contributed by atoms with E-state index in [2.05, 4.69) is 23.5 Å². The van der Waals surface area contributed by atoms with Gasteiger partial charge in [0.1, 0.15) is 5.75 Å². The lowest BCUT2D eigenvalue weighted by Gasteiger charge is -2.42. The minimum absolute atomic E-state index is 0. The van der Waals surface area contributed by atoms with Gasteiger partial charge in [-0.3, -0.25) is 0 Å². The first-order valence-electron chi connectivity index (χ1n) is 7.31. The highest BCUT2D eigenvalue weighted by Gasteiger charge is 2.35. The van der Waals surface area contributed by atoms with E-state index >= 15 is 0 Å². The molecule has 0 radical (unpaired) electrons. The Morgan fingerprint density at radius 2 is 2.11 bits per heavy atom. The van der Waals surface area contributed by atoms with Crippen molar-refractivity contribution in [3.8, 4) is 5.75 Å². The summed E-state index contributed by atoms with van der Waals surface area (Å²) >= 11 is 0. The number of halogens is 1. The number of ether oxygens (including phenoxy) is 1. The Kier molecular flexibility index (Phi) is 4.75. The number of rotatable bonds is 2. The first-order valence-corrected chi connectivity index (χ1v) is 7.31. The van der Waals surface area contributed by atoms with Crippen molar-refractivity contribution in [2.45, 2.75) is 51.0 Å². The van der Waals surface area contributed by atoms with Crippen LogP contribution >= 0.6 is 12.4 Å². The van der Waals surface area contributed by atoms with Crippen LogP contribution in [0.4, 0.5) is 0 Å². The van der Waals surface area contributed by atoms with Crippen molar-refractivity contribution in [3.05, 3.63) is 29.3 Å². The summed E-state index contributed by atoms with van der Waals surface area (Å²) in [6, 6.07) is 6.65. The van der Waals surface area contributed by atoms with E-state index in [-0.39, 0.29) is 12.4 Å². The Hall–Kier alpha value is -0.730. The Bertz CT molecular complexity index is 427. The maximum Gasteiger partial charge on any atom is 0.119 e. The number of nitrogens with one attached hydrogen (secondary N) is 1. The van der Waals surface area contributed by atoms with Crippen LogP contribution in [0.25, 0.3) is 0 Å². The molecule has 0 amide bonds. The molecule has 1 heterocycles. The third kappa shape index (κ3) is 3.06. The third-order valence-corrected chi connectivity index (χ3v) is 4.47. The van der Waals surface area contributed by atoms with E-state index in [1.54, 1.807) is 0 Å². The largest absolute Gasteiger partial charge is 0.494 e. The van der Waals surface area contributed by atoms with Crippen molar-refractivity contribution in [3.63, 3.8) is 0 Å². The predicted molar refractivity (Wildman–Crippen MR) is 81.5 cm³/mol. The smallest absolute Gasteiger partial charge is 0.119 e. The van der Waals surface area contributed by atoms with E-state index in [9.17, 15) is 0 Å². The molecule has 19 heavy (non-hydrogen) atoms. The molecule has 1 aliphatic heterocycles. The predicted octanol–water partition coefficient (Wildman–Crippen LogP) is 3.51. The monoisotopic (exact) mass is 281 g/mol. The molecule has 1 aromatic rings. The lowest BCUT2D eigenvalue weighted by atomic mass is 9.74. The van der Waals surface area contributed by atoms with Crippen LogP contribution in [0.15, 0.2) is 18.2 Å². The second-order valence-corrected chi connectivity index (χ2v) is 5.70. The quantitative estimate of drug-likeness (QED) is 0.896. The number of hydrogen-bond acceptors (Lipinski definition) is 2. The van der Waals surface area contributed by atoms with Crippen LogP contribution in [-0.2, 0) is 12.8 Å². The molecule has 3 rings (SSSR count). The van der Waals surface area contributed by atoms with Gasteiger partial charge in [0.25, 0.3) is 0 Å². The van der Waals surface area contributed by atoms with Crippen LogP contribution in [0.1, 0.15) is 43.7 Å². The van der Waals surface area contributed by atoms with Crippen molar-refractivity contribution in [2.24, 2.45) is 0 Å². The molecule has 0 bridgehead atoms. The van der Waals surface area contributed by atoms with E-state index in [1.807, 2.05) is 6.92 Å². The summed E-state index contributed by atoms with van der Waals surface area (Å²) in [6.45, 7) is 4.00. The molecular weight excluding hydrogens is 258 g/mol. The highest BCUT2D eigenvalue weighted by molar-refractivity contribution is 5.85. The zero-order valence-corrected chi connectivity index (χ0v) is 12.5. The highest BCUT2D eigenvalue weighted by Crippen LogP contribution is 2.35. The Morgan fingerprint density at radius 3 is 2.84 bits per heavy atom. The first kappa shape index (κ1) is 14.7. The van der Waals surface area contributed by atoms with E-state index in [0.29, 0.717) is 5.54 Å². The fourth-order valence-electron chi connectivity index (χ4n) is 3.49. The molecule has 3 heteroatoms. The van der Waals surface area contributed by atoms with Crippen LogP contribution in [0, 0.1) is 0 Å². The number of fused-ring (bicyclic) bond motifs is 1. The fourth-order valence-corrected chi connectivity index (χ4v) is 3.49. The molecule has 1 N–H and O–H groups in total. The summed E-state index contributed by atoms with van der Waals surface area (Å²) in [5.74, 6) is 1.03. The second kappa shape index (κ2) is 6.15. The average Bonchev–Trinajstić information content (AvgIpc) is 2.40. The second-order valence-electron chi connectivity index (χ2n) is 5.70. The van der Waals surface area contributed by atoms with E-state index in [0.717, 1.165) is 12.4 Å². The van der Waals surface area contributed by atoms with E-state index < -0.39 is 0 Å². The summed E-state index contributed by atoms with van der Waals surface area (Å²) in [5.41, 5.74) is 3.43.